The van der Waals surface area contributed by atoms with Crippen molar-refractivity contribution in [1.82, 2.24) is 5.32 Å². The molecule has 0 aromatic heterocycles. The fourth-order valence-corrected chi connectivity index (χ4v) is 2.30. The third kappa shape index (κ3) is 4.45. The van der Waals surface area contributed by atoms with Gasteiger partial charge in [0, 0.05) is 30.7 Å². The summed E-state index contributed by atoms with van der Waals surface area (Å²) in [6, 6.07) is 7.85. The van der Waals surface area contributed by atoms with Crippen LogP contribution in [0.1, 0.15) is 32.4 Å². The van der Waals surface area contributed by atoms with E-state index in [1.807, 2.05) is 45.0 Å². The fraction of sp³-hybridized carbons (Fsp3) is 0.588. The van der Waals surface area contributed by atoms with E-state index in [0.717, 1.165) is 37.6 Å². The van der Waals surface area contributed by atoms with E-state index in [2.05, 4.69) is 10.2 Å². The van der Waals surface area contributed by atoms with Crippen LogP contribution in [-0.2, 0) is 9.53 Å². The van der Waals surface area contributed by atoms with Gasteiger partial charge in [-0.3, -0.25) is 4.79 Å². The van der Waals surface area contributed by atoms with Crippen molar-refractivity contribution in [3.63, 3.8) is 0 Å². The molecular formula is C17H26N2O3. The second kappa shape index (κ2) is 7.11. The standard InChI is InChI=1S/C17H26N2O3/c1-17(2,3)16(21)18-12-15(20)13-4-6-14(7-5-13)19-8-10-22-11-9-19/h4-7,15,20H,8-12H2,1-3H3,(H,18,21). The second-order valence-electron chi connectivity index (χ2n) is 6.67. The Labute approximate surface area is 132 Å². The highest BCUT2D eigenvalue weighted by Gasteiger charge is 2.21. The Hall–Kier alpha value is -1.59. The molecule has 5 nitrogen and oxygen atoms in total. The van der Waals surface area contributed by atoms with Crippen molar-refractivity contribution in [2.45, 2.75) is 26.9 Å². The molecule has 0 spiro atoms. The zero-order valence-electron chi connectivity index (χ0n) is 13.6. The highest BCUT2D eigenvalue weighted by atomic mass is 16.5. The van der Waals surface area contributed by atoms with E-state index < -0.39 is 11.5 Å². The lowest BCUT2D eigenvalue weighted by molar-refractivity contribution is -0.128. The summed E-state index contributed by atoms with van der Waals surface area (Å²) in [4.78, 5) is 14.1. The number of benzene rings is 1. The minimum atomic E-state index is -0.690. The number of morpholine rings is 1. The van der Waals surface area contributed by atoms with Crippen LogP contribution in [-0.4, -0.2) is 43.9 Å². The monoisotopic (exact) mass is 306 g/mol. The zero-order valence-corrected chi connectivity index (χ0v) is 13.6. The number of nitrogens with zero attached hydrogens (tertiary/aromatic N) is 1. The summed E-state index contributed by atoms with van der Waals surface area (Å²) in [7, 11) is 0. The van der Waals surface area contributed by atoms with Crippen LogP contribution in [0.5, 0.6) is 0 Å². The van der Waals surface area contributed by atoms with Crippen molar-refractivity contribution in [3.8, 4) is 0 Å². The highest BCUT2D eigenvalue weighted by molar-refractivity contribution is 5.81. The van der Waals surface area contributed by atoms with E-state index >= 15 is 0 Å². The first kappa shape index (κ1) is 16.8. The summed E-state index contributed by atoms with van der Waals surface area (Å²) in [6.07, 6.45) is -0.690. The average Bonchev–Trinajstić information content (AvgIpc) is 2.52. The number of rotatable bonds is 4. The molecule has 1 amide bonds. The number of hydrogen-bond donors (Lipinski definition) is 2. The predicted octanol–water partition coefficient (Wildman–Crippen LogP) is 1.72. The normalized spacial score (nSPS) is 17.2. The van der Waals surface area contributed by atoms with Crippen LogP contribution < -0.4 is 10.2 Å². The number of nitrogens with one attached hydrogen (secondary N) is 1. The van der Waals surface area contributed by atoms with Gasteiger partial charge in [-0.05, 0) is 17.7 Å². The van der Waals surface area contributed by atoms with Crippen LogP contribution >= 0.6 is 0 Å². The number of hydrogen-bond acceptors (Lipinski definition) is 4. The lowest BCUT2D eigenvalue weighted by Crippen LogP contribution is -2.37. The average molecular weight is 306 g/mol. The maximum Gasteiger partial charge on any atom is 0.225 e. The Morgan fingerprint density at radius 3 is 2.41 bits per heavy atom. The molecule has 1 heterocycles. The molecule has 0 aliphatic carbocycles. The van der Waals surface area contributed by atoms with Gasteiger partial charge in [0.2, 0.25) is 5.91 Å². The number of anilines is 1. The molecule has 1 aromatic carbocycles. The third-order valence-corrected chi connectivity index (χ3v) is 3.79. The summed E-state index contributed by atoms with van der Waals surface area (Å²) in [5.41, 5.74) is 1.50. The molecule has 1 aliphatic heterocycles. The molecule has 1 aromatic rings. The number of amides is 1. The van der Waals surface area contributed by atoms with Crippen LogP contribution in [0, 0.1) is 5.41 Å². The van der Waals surface area contributed by atoms with Gasteiger partial charge >= 0.3 is 0 Å². The largest absolute Gasteiger partial charge is 0.387 e. The molecule has 0 radical (unpaired) electrons. The Morgan fingerprint density at radius 1 is 1.27 bits per heavy atom. The fourth-order valence-electron chi connectivity index (χ4n) is 2.30. The van der Waals surface area contributed by atoms with Crippen molar-refractivity contribution in [3.05, 3.63) is 29.8 Å². The molecule has 1 atom stereocenters. The summed E-state index contributed by atoms with van der Waals surface area (Å²) in [5.74, 6) is -0.0588. The summed E-state index contributed by atoms with van der Waals surface area (Å²) in [6.45, 7) is 9.08. The van der Waals surface area contributed by atoms with Gasteiger partial charge in [0.15, 0.2) is 0 Å². The number of carbonyl (C=O) groups excluding carboxylic acids is 1. The topological polar surface area (TPSA) is 61.8 Å². The molecule has 2 rings (SSSR count). The first-order valence-electron chi connectivity index (χ1n) is 7.77. The van der Waals surface area contributed by atoms with Crippen molar-refractivity contribution < 1.29 is 14.6 Å². The van der Waals surface area contributed by atoms with Gasteiger partial charge in [0.25, 0.3) is 0 Å². The van der Waals surface area contributed by atoms with Crippen LogP contribution in [0.3, 0.4) is 0 Å². The molecule has 1 unspecified atom stereocenters. The quantitative estimate of drug-likeness (QED) is 0.889. The molecule has 1 aliphatic rings. The van der Waals surface area contributed by atoms with Crippen molar-refractivity contribution in [2.75, 3.05) is 37.7 Å². The SMILES string of the molecule is CC(C)(C)C(=O)NCC(O)c1ccc(N2CCOCC2)cc1. The van der Waals surface area contributed by atoms with E-state index in [9.17, 15) is 9.90 Å². The lowest BCUT2D eigenvalue weighted by atomic mass is 9.95. The van der Waals surface area contributed by atoms with Crippen LogP contribution in [0.2, 0.25) is 0 Å². The maximum absolute atomic E-state index is 11.8. The first-order valence-corrected chi connectivity index (χ1v) is 7.77. The van der Waals surface area contributed by atoms with Gasteiger partial charge < -0.3 is 20.1 Å². The van der Waals surface area contributed by atoms with Crippen LogP contribution in [0.15, 0.2) is 24.3 Å². The Kier molecular flexibility index (Phi) is 5.42. The Bertz CT molecular complexity index is 488. The number of aliphatic hydroxyl groups is 1. The lowest BCUT2D eigenvalue weighted by Gasteiger charge is -2.29. The van der Waals surface area contributed by atoms with Crippen molar-refractivity contribution >= 4 is 11.6 Å². The summed E-state index contributed by atoms with van der Waals surface area (Å²) >= 11 is 0. The second-order valence-corrected chi connectivity index (χ2v) is 6.67. The van der Waals surface area contributed by atoms with Crippen molar-refractivity contribution in [2.24, 2.45) is 5.41 Å². The number of carbonyl (C=O) groups is 1. The molecule has 2 N–H and O–H groups in total. The maximum atomic E-state index is 11.8. The van der Waals surface area contributed by atoms with E-state index in [4.69, 9.17) is 4.74 Å². The highest BCUT2D eigenvalue weighted by Crippen LogP contribution is 2.20. The minimum absolute atomic E-state index is 0.0588. The molecule has 5 heteroatoms. The van der Waals surface area contributed by atoms with Gasteiger partial charge in [0.1, 0.15) is 0 Å². The minimum Gasteiger partial charge on any atom is -0.387 e. The summed E-state index contributed by atoms with van der Waals surface area (Å²) in [5, 5.41) is 13.0. The first-order chi connectivity index (χ1) is 10.4. The van der Waals surface area contributed by atoms with Crippen LogP contribution in [0.4, 0.5) is 5.69 Å². The van der Waals surface area contributed by atoms with E-state index in [1.54, 1.807) is 0 Å². The van der Waals surface area contributed by atoms with Gasteiger partial charge in [-0.15, -0.1) is 0 Å². The molecule has 22 heavy (non-hydrogen) atoms. The smallest absolute Gasteiger partial charge is 0.225 e. The third-order valence-electron chi connectivity index (χ3n) is 3.79. The molecule has 0 saturated carbocycles. The summed E-state index contributed by atoms with van der Waals surface area (Å²) < 4.78 is 5.34. The Morgan fingerprint density at radius 2 is 1.86 bits per heavy atom. The predicted molar refractivity (Wildman–Crippen MR) is 86.9 cm³/mol. The molecular weight excluding hydrogens is 280 g/mol. The molecule has 122 valence electrons. The van der Waals surface area contributed by atoms with E-state index in [1.165, 1.54) is 0 Å². The van der Waals surface area contributed by atoms with Gasteiger partial charge in [0.05, 0.1) is 19.3 Å². The van der Waals surface area contributed by atoms with Gasteiger partial charge in [-0.25, -0.2) is 0 Å². The van der Waals surface area contributed by atoms with Crippen LogP contribution in [0.25, 0.3) is 0 Å². The Balaban J connectivity index is 1.90. The van der Waals surface area contributed by atoms with E-state index in [0.29, 0.717) is 0 Å². The number of ether oxygens (including phenoxy) is 1. The van der Waals surface area contributed by atoms with Gasteiger partial charge in [-0.1, -0.05) is 32.9 Å². The number of aliphatic hydroxyl groups excluding tert-OH is 1. The van der Waals surface area contributed by atoms with E-state index in [-0.39, 0.29) is 12.5 Å². The molecule has 0 bridgehead atoms. The molecule has 1 saturated heterocycles. The zero-order chi connectivity index (χ0) is 16.2. The van der Waals surface area contributed by atoms with Gasteiger partial charge in [-0.2, -0.15) is 0 Å². The molecule has 1 fully saturated rings. The van der Waals surface area contributed by atoms with Crippen molar-refractivity contribution in [1.29, 1.82) is 0 Å².